The van der Waals surface area contributed by atoms with Gasteiger partial charge < -0.3 is 35.0 Å². The van der Waals surface area contributed by atoms with Crippen molar-refractivity contribution in [1.29, 1.82) is 0 Å². The number of carbonyl (C=O) groups excluding carboxylic acids is 1. The van der Waals surface area contributed by atoms with Crippen molar-refractivity contribution < 1.29 is 39.8 Å². The Balaban J connectivity index is 2.11. The molecule has 2 aromatic carbocycles. The van der Waals surface area contributed by atoms with E-state index in [-0.39, 0.29) is 28.4 Å². The quantitative estimate of drug-likeness (QED) is 0.517. The molecule has 1 aliphatic heterocycles. The van der Waals surface area contributed by atoms with Gasteiger partial charge in [-0.05, 0) is 12.1 Å². The fraction of sp³-hybridized carbons (Fsp3) is 0.188. The maximum atomic E-state index is 12.3. The molecule has 2 aromatic rings. The highest BCUT2D eigenvalue weighted by molar-refractivity contribution is 6.05. The molecule has 8 heteroatoms. The number of ketones is 1. The first-order valence-electron chi connectivity index (χ1n) is 6.88. The van der Waals surface area contributed by atoms with Crippen LogP contribution in [0.5, 0.6) is 34.5 Å². The van der Waals surface area contributed by atoms with Gasteiger partial charge in [-0.1, -0.05) is 0 Å². The number of hydrogen-bond acceptors (Lipinski definition) is 8. The molecule has 0 radical (unpaired) electrons. The van der Waals surface area contributed by atoms with Gasteiger partial charge in [-0.25, -0.2) is 0 Å². The number of aliphatic hydroxyl groups is 1. The van der Waals surface area contributed by atoms with E-state index in [1.807, 2.05) is 0 Å². The van der Waals surface area contributed by atoms with Gasteiger partial charge >= 0.3 is 0 Å². The summed E-state index contributed by atoms with van der Waals surface area (Å²) in [7, 11) is 1.27. The second-order valence-electron chi connectivity index (χ2n) is 5.28. The number of benzene rings is 2. The van der Waals surface area contributed by atoms with Gasteiger partial charge in [0.1, 0.15) is 22.8 Å². The van der Waals surface area contributed by atoms with Crippen molar-refractivity contribution in [3.05, 3.63) is 35.4 Å². The van der Waals surface area contributed by atoms with Crippen LogP contribution in [0.3, 0.4) is 0 Å². The minimum Gasteiger partial charge on any atom is -0.508 e. The van der Waals surface area contributed by atoms with E-state index in [0.717, 1.165) is 18.2 Å². The molecule has 0 saturated carbocycles. The highest BCUT2D eigenvalue weighted by atomic mass is 16.5. The Labute approximate surface area is 135 Å². The zero-order chi connectivity index (χ0) is 17.6. The molecule has 0 aliphatic carbocycles. The van der Waals surface area contributed by atoms with E-state index >= 15 is 0 Å². The molecule has 0 bridgehead atoms. The molecule has 5 N–H and O–H groups in total. The van der Waals surface area contributed by atoms with E-state index in [4.69, 9.17) is 9.47 Å². The van der Waals surface area contributed by atoms with E-state index in [1.165, 1.54) is 13.2 Å². The van der Waals surface area contributed by atoms with E-state index in [2.05, 4.69) is 0 Å². The highest BCUT2D eigenvalue weighted by Crippen LogP contribution is 2.44. The molecule has 0 fully saturated rings. The number of Topliss-reactive ketones (excluding diaryl/α,β-unsaturated/α-hetero) is 1. The molecule has 8 nitrogen and oxygen atoms in total. The van der Waals surface area contributed by atoms with E-state index in [0.29, 0.717) is 0 Å². The number of ether oxygens (including phenoxy) is 2. The van der Waals surface area contributed by atoms with Crippen LogP contribution >= 0.6 is 0 Å². The van der Waals surface area contributed by atoms with Crippen molar-refractivity contribution in [1.82, 2.24) is 0 Å². The van der Waals surface area contributed by atoms with Crippen molar-refractivity contribution in [2.45, 2.75) is 12.2 Å². The van der Waals surface area contributed by atoms with Gasteiger partial charge in [-0.2, -0.15) is 0 Å². The molecular weight excluding hydrogens is 320 g/mol. The van der Waals surface area contributed by atoms with Crippen molar-refractivity contribution in [2.75, 3.05) is 7.11 Å². The summed E-state index contributed by atoms with van der Waals surface area (Å²) in [5, 5.41) is 48.9. The molecule has 0 unspecified atom stereocenters. The lowest BCUT2D eigenvalue weighted by atomic mass is 9.92. The predicted octanol–water partition coefficient (Wildman–Crippen LogP) is 1.19. The molecule has 1 heterocycles. The number of aromatic hydroxyl groups is 4. The molecule has 1 aliphatic rings. The van der Waals surface area contributed by atoms with Crippen LogP contribution in [0.4, 0.5) is 0 Å². The van der Waals surface area contributed by atoms with E-state index in [1.54, 1.807) is 0 Å². The molecule has 24 heavy (non-hydrogen) atoms. The second kappa shape index (κ2) is 5.50. The van der Waals surface area contributed by atoms with E-state index in [9.17, 15) is 30.3 Å². The summed E-state index contributed by atoms with van der Waals surface area (Å²) >= 11 is 0. The summed E-state index contributed by atoms with van der Waals surface area (Å²) in [5.74, 6) is -2.83. The lowest BCUT2D eigenvalue weighted by Gasteiger charge is -2.30. The molecule has 0 aromatic heterocycles. The SMILES string of the molecule is COc1cc([C@H]2Oc3cc(O)cc(O)c3C(=O)[C@H]2O)cc(O)c1O. The summed E-state index contributed by atoms with van der Waals surface area (Å²) in [6.45, 7) is 0. The average Bonchev–Trinajstić information content (AvgIpc) is 2.52. The second-order valence-corrected chi connectivity index (χ2v) is 5.28. The molecule has 2 atom stereocenters. The fourth-order valence-electron chi connectivity index (χ4n) is 2.60. The van der Waals surface area contributed by atoms with Crippen LogP contribution in [0.1, 0.15) is 22.0 Å². The van der Waals surface area contributed by atoms with Crippen LogP contribution in [0.15, 0.2) is 24.3 Å². The third kappa shape index (κ3) is 2.33. The minimum absolute atomic E-state index is 0.0715. The van der Waals surface area contributed by atoms with Crippen molar-refractivity contribution >= 4 is 5.78 Å². The summed E-state index contributed by atoms with van der Waals surface area (Å²) in [6.07, 6.45) is -2.90. The maximum Gasteiger partial charge on any atom is 0.202 e. The number of methoxy groups -OCH3 is 1. The zero-order valence-electron chi connectivity index (χ0n) is 12.4. The number of aliphatic hydroxyl groups excluding tert-OH is 1. The molecule has 3 rings (SSSR count). The topological polar surface area (TPSA) is 137 Å². The average molecular weight is 334 g/mol. The first-order chi connectivity index (χ1) is 11.3. The van der Waals surface area contributed by atoms with Crippen LogP contribution in [0, 0.1) is 0 Å². The lowest BCUT2D eigenvalue weighted by molar-refractivity contribution is 0.0209. The maximum absolute atomic E-state index is 12.3. The van der Waals surface area contributed by atoms with Gasteiger partial charge in [0.25, 0.3) is 0 Å². The third-order valence-electron chi connectivity index (χ3n) is 3.75. The predicted molar refractivity (Wildman–Crippen MR) is 79.8 cm³/mol. The zero-order valence-corrected chi connectivity index (χ0v) is 12.4. The molecule has 0 saturated heterocycles. The Kier molecular flexibility index (Phi) is 3.61. The van der Waals surface area contributed by atoms with Crippen molar-refractivity contribution in [3.8, 4) is 34.5 Å². The number of phenolic OH excluding ortho intramolecular Hbond substituents is 4. The Morgan fingerprint density at radius 3 is 2.42 bits per heavy atom. The van der Waals surface area contributed by atoms with Gasteiger partial charge in [-0.3, -0.25) is 4.79 Å². The van der Waals surface area contributed by atoms with Gasteiger partial charge in [0.05, 0.1) is 7.11 Å². The number of rotatable bonds is 2. The third-order valence-corrected chi connectivity index (χ3v) is 3.75. The van der Waals surface area contributed by atoms with E-state index < -0.39 is 35.2 Å². The van der Waals surface area contributed by atoms with Crippen LogP contribution in [-0.4, -0.2) is 44.5 Å². The number of phenols is 4. The number of hydrogen-bond donors (Lipinski definition) is 5. The number of carbonyl (C=O) groups is 1. The van der Waals surface area contributed by atoms with Gasteiger partial charge in [-0.15, -0.1) is 0 Å². The first-order valence-corrected chi connectivity index (χ1v) is 6.88. The van der Waals surface area contributed by atoms with Crippen LogP contribution in [-0.2, 0) is 0 Å². The minimum atomic E-state index is -1.67. The molecule has 126 valence electrons. The van der Waals surface area contributed by atoms with Crippen LogP contribution in [0.2, 0.25) is 0 Å². The Morgan fingerprint density at radius 2 is 1.75 bits per heavy atom. The fourth-order valence-corrected chi connectivity index (χ4v) is 2.60. The van der Waals surface area contributed by atoms with Crippen molar-refractivity contribution in [2.24, 2.45) is 0 Å². The normalized spacial score (nSPS) is 19.5. The Bertz CT molecular complexity index is 829. The van der Waals surface area contributed by atoms with Gasteiger partial charge in [0.15, 0.2) is 23.7 Å². The summed E-state index contributed by atoms with van der Waals surface area (Å²) < 4.78 is 10.4. The Morgan fingerprint density at radius 1 is 1.04 bits per heavy atom. The lowest BCUT2D eigenvalue weighted by Crippen LogP contribution is -2.36. The monoisotopic (exact) mass is 334 g/mol. The van der Waals surface area contributed by atoms with Gasteiger partial charge in [0, 0.05) is 17.7 Å². The highest BCUT2D eigenvalue weighted by Gasteiger charge is 2.39. The number of fused-ring (bicyclic) bond motifs is 1. The summed E-state index contributed by atoms with van der Waals surface area (Å²) in [4.78, 5) is 12.3. The first kappa shape index (κ1) is 15.8. The van der Waals surface area contributed by atoms with Crippen LogP contribution in [0.25, 0.3) is 0 Å². The summed E-state index contributed by atoms with van der Waals surface area (Å²) in [5.41, 5.74) is -0.0806. The van der Waals surface area contributed by atoms with Crippen molar-refractivity contribution in [3.63, 3.8) is 0 Å². The molecular formula is C16H14O8. The molecule has 0 amide bonds. The largest absolute Gasteiger partial charge is 0.508 e. The Hall–Kier alpha value is -3.13. The smallest absolute Gasteiger partial charge is 0.202 e. The summed E-state index contributed by atoms with van der Waals surface area (Å²) in [6, 6.07) is 4.50. The van der Waals surface area contributed by atoms with Gasteiger partial charge in [0.2, 0.25) is 11.5 Å². The molecule has 0 spiro atoms. The van der Waals surface area contributed by atoms with Crippen LogP contribution < -0.4 is 9.47 Å². The standard InChI is InChI=1S/C16H14O8/c1-23-11-3-6(2-9(19)13(11)20)16-15(22)14(21)12-8(18)4-7(17)5-10(12)24-16/h2-5,15-20,22H,1H3/t15-,16-/m1/s1.